The molecule has 0 aliphatic heterocycles. The molecule has 0 atom stereocenters. The van der Waals surface area contributed by atoms with E-state index in [1.807, 2.05) is 0 Å². The number of sulfonamides is 1. The predicted octanol–water partition coefficient (Wildman–Crippen LogP) is 3.20. The molecule has 0 spiro atoms. The van der Waals surface area contributed by atoms with Crippen LogP contribution in [0.4, 0.5) is 5.69 Å². The van der Waals surface area contributed by atoms with E-state index in [1.165, 1.54) is 45.9 Å². The maximum Gasteiger partial charge on any atom is 0.255 e. The fourth-order valence-corrected chi connectivity index (χ4v) is 4.46. The fourth-order valence-electron chi connectivity index (χ4n) is 2.83. The van der Waals surface area contributed by atoms with E-state index in [-0.39, 0.29) is 4.90 Å². The molecule has 1 N–H and O–H groups in total. The maximum absolute atomic E-state index is 12.7. The van der Waals surface area contributed by atoms with Crippen molar-refractivity contribution in [2.75, 3.05) is 18.4 Å². The number of hydrogen-bond acceptors (Lipinski definition) is 5. The molecule has 0 saturated carbocycles. The normalized spacial score (nSPS) is 11.6. The summed E-state index contributed by atoms with van der Waals surface area (Å²) >= 11 is 6.07. The molecule has 1 aromatic heterocycles. The van der Waals surface area contributed by atoms with E-state index >= 15 is 0 Å². The lowest BCUT2D eigenvalue weighted by atomic mass is 10.2. The highest BCUT2D eigenvalue weighted by molar-refractivity contribution is 7.89. The lowest BCUT2D eigenvalue weighted by Gasteiger charge is -2.18. The van der Waals surface area contributed by atoms with Crippen LogP contribution < -0.4 is 5.32 Å². The van der Waals surface area contributed by atoms with Gasteiger partial charge in [-0.15, -0.1) is 0 Å². The van der Waals surface area contributed by atoms with Crippen molar-refractivity contribution in [3.05, 3.63) is 65.7 Å². The van der Waals surface area contributed by atoms with Crippen molar-refractivity contribution in [3.8, 4) is 5.69 Å². The summed E-state index contributed by atoms with van der Waals surface area (Å²) in [5.41, 5.74) is 1.36. The first-order chi connectivity index (χ1) is 13.9. The number of amides is 1. The number of aromatic nitrogens is 3. The van der Waals surface area contributed by atoms with Crippen molar-refractivity contribution in [1.29, 1.82) is 0 Å². The van der Waals surface area contributed by atoms with Crippen LogP contribution in [0.2, 0.25) is 5.02 Å². The van der Waals surface area contributed by atoms with Gasteiger partial charge < -0.3 is 5.32 Å². The minimum atomic E-state index is -3.58. The van der Waals surface area contributed by atoms with Crippen LogP contribution >= 0.6 is 11.6 Å². The van der Waals surface area contributed by atoms with Crippen LogP contribution in [0.15, 0.2) is 60.0 Å². The van der Waals surface area contributed by atoms with E-state index in [1.54, 1.807) is 32.0 Å². The molecule has 0 radical (unpaired) electrons. The summed E-state index contributed by atoms with van der Waals surface area (Å²) in [5.74, 6) is -0.402. The SMILES string of the molecule is CCN(CC)S(=O)(=O)c1ccc(C(=O)Nc2cc(Cl)ccc2-n2cncn2)cc1. The lowest BCUT2D eigenvalue weighted by Crippen LogP contribution is -2.30. The molecular formula is C19H20ClN5O3S. The molecule has 10 heteroatoms. The van der Waals surface area contributed by atoms with Crippen LogP contribution in [0.25, 0.3) is 5.69 Å². The number of nitrogens with one attached hydrogen (secondary N) is 1. The minimum absolute atomic E-state index is 0.142. The first-order valence-corrected chi connectivity index (χ1v) is 10.7. The van der Waals surface area contributed by atoms with Gasteiger partial charge in [-0.1, -0.05) is 25.4 Å². The second-order valence-electron chi connectivity index (χ2n) is 6.07. The number of anilines is 1. The molecule has 0 bridgehead atoms. The van der Waals surface area contributed by atoms with E-state index in [2.05, 4.69) is 15.4 Å². The molecular weight excluding hydrogens is 414 g/mol. The average molecular weight is 434 g/mol. The van der Waals surface area contributed by atoms with Gasteiger partial charge in [0.05, 0.1) is 16.3 Å². The zero-order valence-electron chi connectivity index (χ0n) is 15.9. The van der Waals surface area contributed by atoms with Crippen molar-refractivity contribution in [2.45, 2.75) is 18.7 Å². The standard InChI is InChI=1S/C19H20ClN5O3S/c1-3-24(4-2)29(27,28)16-8-5-14(6-9-16)19(26)23-17-11-15(20)7-10-18(17)25-13-21-12-22-25/h5-13H,3-4H2,1-2H3,(H,23,26). The summed E-state index contributed by atoms with van der Waals surface area (Å²) < 4.78 is 28.0. The minimum Gasteiger partial charge on any atom is -0.320 e. The molecule has 2 aromatic carbocycles. The summed E-state index contributed by atoms with van der Waals surface area (Å²) in [6, 6.07) is 10.8. The van der Waals surface area contributed by atoms with Gasteiger partial charge in [0.1, 0.15) is 12.7 Å². The highest BCUT2D eigenvalue weighted by Crippen LogP contribution is 2.25. The van der Waals surface area contributed by atoms with Crippen molar-refractivity contribution in [3.63, 3.8) is 0 Å². The summed E-state index contributed by atoms with van der Waals surface area (Å²) in [5, 5.41) is 7.30. The van der Waals surface area contributed by atoms with Gasteiger partial charge in [-0.05, 0) is 42.5 Å². The van der Waals surface area contributed by atoms with E-state index in [9.17, 15) is 13.2 Å². The number of benzene rings is 2. The van der Waals surface area contributed by atoms with Crippen molar-refractivity contribution in [1.82, 2.24) is 19.1 Å². The zero-order valence-corrected chi connectivity index (χ0v) is 17.5. The third-order valence-corrected chi connectivity index (χ3v) is 6.63. The zero-order chi connectivity index (χ0) is 21.0. The highest BCUT2D eigenvalue weighted by atomic mass is 35.5. The summed E-state index contributed by atoms with van der Waals surface area (Å²) in [4.78, 5) is 16.7. The molecule has 3 aromatic rings. The second kappa shape index (κ2) is 8.73. The number of nitrogens with zero attached hydrogens (tertiary/aromatic N) is 4. The average Bonchev–Trinajstić information content (AvgIpc) is 3.23. The number of rotatable bonds is 7. The van der Waals surface area contributed by atoms with Gasteiger partial charge in [0.15, 0.2) is 0 Å². The number of halogens is 1. The molecule has 1 heterocycles. The van der Waals surface area contributed by atoms with Gasteiger partial charge in [0, 0.05) is 23.7 Å². The summed E-state index contributed by atoms with van der Waals surface area (Å²) in [6.07, 6.45) is 2.89. The number of hydrogen-bond donors (Lipinski definition) is 1. The van der Waals surface area contributed by atoms with E-state index < -0.39 is 15.9 Å². The Morgan fingerprint density at radius 1 is 1.14 bits per heavy atom. The van der Waals surface area contributed by atoms with E-state index in [4.69, 9.17) is 11.6 Å². The number of carbonyl (C=O) groups excluding carboxylic acids is 1. The first kappa shape index (κ1) is 21.0. The maximum atomic E-state index is 12.7. The van der Waals surface area contributed by atoms with Gasteiger partial charge in [-0.3, -0.25) is 4.79 Å². The van der Waals surface area contributed by atoms with Crippen LogP contribution in [-0.2, 0) is 10.0 Å². The Kier molecular flexibility index (Phi) is 6.31. The van der Waals surface area contributed by atoms with E-state index in [0.717, 1.165) is 0 Å². The smallest absolute Gasteiger partial charge is 0.255 e. The molecule has 0 aliphatic rings. The first-order valence-electron chi connectivity index (χ1n) is 8.93. The molecule has 3 rings (SSSR count). The fraction of sp³-hybridized carbons (Fsp3) is 0.211. The van der Waals surface area contributed by atoms with Gasteiger partial charge in [0.25, 0.3) is 5.91 Å². The topological polar surface area (TPSA) is 97.2 Å². The largest absolute Gasteiger partial charge is 0.320 e. The monoisotopic (exact) mass is 433 g/mol. The van der Waals surface area contributed by atoms with Crippen molar-refractivity contribution < 1.29 is 13.2 Å². The van der Waals surface area contributed by atoms with Gasteiger partial charge in [-0.2, -0.15) is 9.40 Å². The van der Waals surface area contributed by atoms with Crippen LogP contribution in [0.5, 0.6) is 0 Å². The van der Waals surface area contributed by atoms with Gasteiger partial charge in [0.2, 0.25) is 10.0 Å². The third-order valence-electron chi connectivity index (χ3n) is 4.33. The van der Waals surface area contributed by atoms with Crippen LogP contribution in [0.3, 0.4) is 0 Å². The van der Waals surface area contributed by atoms with Gasteiger partial charge >= 0.3 is 0 Å². The second-order valence-corrected chi connectivity index (χ2v) is 8.44. The molecule has 0 unspecified atom stereocenters. The molecule has 8 nitrogen and oxygen atoms in total. The Bertz CT molecular complexity index is 1100. The quantitative estimate of drug-likeness (QED) is 0.617. The lowest BCUT2D eigenvalue weighted by molar-refractivity contribution is 0.102. The van der Waals surface area contributed by atoms with Crippen LogP contribution in [0, 0.1) is 0 Å². The summed E-state index contributed by atoms with van der Waals surface area (Å²) in [7, 11) is -3.58. The number of carbonyl (C=O) groups is 1. The third kappa shape index (κ3) is 4.47. The van der Waals surface area contributed by atoms with E-state index in [0.29, 0.717) is 35.1 Å². The van der Waals surface area contributed by atoms with Crippen LogP contribution in [-0.4, -0.2) is 46.5 Å². The van der Waals surface area contributed by atoms with Gasteiger partial charge in [-0.25, -0.2) is 18.1 Å². The molecule has 0 fully saturated rings. The summed E-state index contributed by atoms with van der Waals surface area (Å²) in [6.45, 7) is 4.31. The Morgan fingerprint density at radius 3 is 2.41 bits per heavy atom. The van der Waals surface area contributed by atoms with Crippen molar-refractivity contribution in [2.24, 2.45) is 0 Å². The Hall–Kier alpha value is -2.75. The van der Waals surface area contributed by atoms with Crippen molar-refractivity contribution >= 4 is 33.2 Å². The predicted molar refractivity (Wildman–Crippen MR) is 111 cm³/mol. The Balaban J connectivity index is 1.85. The molecule has 0 saturated heterocycles. The molecule has 152 valence electrons. The Labute approximate surface area is 174 Å². The molecule has 0 aliphatic carbocycles. The van der Waals surface area contributed by atoms with Crippen LogP contribution in [0.1, 0.15) is 24.2 Å². The molecule has 1 amide bonds. The molecule has 29 heavy (non-hydrogen) atoms. The Morgan fingerprint density at radius 2 is 1.83 bits per heavy atom. The highest BCUT2D eigenvalue weighted by Gasteiger charge is 2.22.